The van der Waals surface area contributed by atoms with E-state index < -0.39 is 0 Å². The maximum absolute atomic E-state index is 3.55. The van der Waals surface area contributed by atoms with Crippen LogP contribution in [0.1, 0.15) is 13.8 Å². The molecule has 0 fully saturated rings. The summed E-state index contributed by atoms with van der Waals surface area (Å²) in [5, 5.41) is 0. The van der Waals surface area contributed by atoms with Gasteiger partial charge in [0.25, 0.3) is 0 Å². The monoisotopic (exact) mass is 410 g/mol. The zero-order valence-corrected chi connectivity index (χ0v) is 15.6. The molecule has 0 aromatic heterocycles. The molecular weight excluding hydrogens is 392 g/mol. The molecule has 2 aromatic carbocycles. The Morgan fingerprint density at radius 2 is 1.38 bits per heavy atom. The van der Waals surface area contributed by atoms with Crippen molar-refractivity contribution in [2.75, 3.05) is 29.6 Å². The number of anilines is 2. The van der Waals surface area contributed by atoms with E-state index in [1.807, 2.05) is 0 Å². The van der Waals surface area contributed by atoms with Gasteiger partial charge in [-0.1, -0.05) is 37.9 Å². The standard InChI is InChI=1S/C17H20Br2N2/c1-3-20(16-10-8-14(18)9-11-16)13-21(4-2)17-7-5-6-15(19)12-17/h5-12H,3-4,13H2,1-2H3. The van der Waals surface area contributed by atoms with Crippen LogP contribution in [0.4, 0.5) is 11.4 Å². The van der Waals surface area contributed by atoms with Crippen molar-refractivity contribution in [3.05, 3.63) is 57.5 Å². The Morgan fingerprint density at radius 3 is 1.95 bits per heavy atom. The van der Waals surface area contributed by atoms with Crippen molar-refractivity contribution in [2.45, 2.75) is 13.8 Å². The molecular formula is C17H20Br2N2. The van der Waals surface area contributed by atoms with Crippen LogP contribution in [0, 0.1) is 0 Å². The molecule has 0 saturated carbocycles. The van der Waals surface area contributed by atoms with Crippen LogP contribution in [0.15, 0.2) is 57.5 Å². The lowest BCUT2D eigenvalue weighted by Gasteiger charge is -2.32. The predicted molar refractivity (Wildman–Crippen MR) is 99.2 cm³/mol. The molecule has 4 heteroatoms. The van der Waals surface area contributed by atoms with Gasteiger partial charge in [0.1, 0.15) is 0 Å². The molecule has 0 heterocycles. The van der Waals surface area contributed by atoms with Crippen LogP contribution in [-0.4, -0.2) is 19.8 Å². The first-order valence-electron chi connectivity index (χ1n) is 7.15. The first-order valence-corrected chi connectivity index (χ1v) is 8.73. The van der Waals surface area contributed by atoms with Gasteiger partial charge in [-0.25, -0.2) is 0 Å². The minimum atomic E-state index is 0.880. The van der Waals surface area contributed by atoms with Crippen molar-refractivity contribution >= 4 is 43.2 Å². The molecule has 0 N–H and O–H groups in total. The lowest BCUT2D eigenvalue weighted by atomic mass is 10.2. The van der Waals surface area contributed by atoms with Gasteiger partial charge >= 0.3 is 0 Å². The lowest BCUT2D eigenvalue weighted by Crippen LogP contribution is -2.38. The quantitative estimate of drug-likeness (QED) is 0.577. The second-order valence-electron chi connectivity index (χ2n) is 4.81. The Labute approximate surface area is 144 Å². The summed E-state index contributed by atoms with van der Waals surface area (Å²) in [5.74, 6) is 0. The summed E-state index contributed by atoms with van der Waals surface area (Å²) in [6, 6.07) is 17.0. The van der Waals surface area contributed by atoms with E-state index in [0.717, 1.165) is 28.7 Å². The molecule has 0 amide bonds. The van der Waals surface area contributed by atoms with E-state index in [2.05, 4.69) is 104 Å². The normalized spacial score (nSPS) is 10.5. The Hall–Kier alpha value is -1.00. The SMILES string of the molecule is CCN(CN(CC)c1cccc(Br)c1)c1ccc(Br)cc1. The lowest BCUT2D eigenvalue weighted by molar-refractivity contribution is 0.754. The zero-order valence-electron chi connectivity index (χ0n) is 12.4. The molecule has 0 radical (unpaired) electrons. The fourth-order valence-electron chi connectivity index (χ4n) is 2.26. The fourth-order valence-corrected chi connectivity index (χ4v) is 2.91. The number of nitrogens with zero attached hydrogens (tertiary/aromatic N) is 2. The highest BCUT2D eigenvalue weighted by molar-refractivity contribution is 9.10. The number of rotatable bonds is 6. The van der Waals surface area contributed by atoms with Gasteiger partial charge in [0.15, 0.2) is 0 Å². The number of hydrogen-bond donors (Lipinski definition) is 0. The Kier molecular flexibility index (Phi) is 6.12. The van der Waals surface area contributed by atoms with Crippen LogP contribution in [0.25, 0.3) is 0 Å². The molecule has 0 spiro atoms. The van der Waals surface area contributed by atoms with Crippen LogP contribution >= 0.6 is 31.9 Å². The van der Waals surface area contributed by atoms with Crippen molar-refractivity contribution < 1.29 is 0 Å². The first kappa shape index (κ1) is 16.4. The van der Waals surface area contributed by atoms with Crippen LogP contribution in [0.3, 0.4) is 0 Å². The summed E-state index contributed by atoms with van der Waals surface area (Å²) in [5.41, 5.74) is 2.48. The molecule has 0 saturated heterocycles. The number of benzene rings is 2. The van der Waals surface area contributed by atoms with Gasteiger partial charge in [-0.3, -0.25) is 0 Å². The third kappa shape index (κ3) is 4.48. The minimum absolute atomic E-state index is 0.880. The molecule has 0 aliphatic heterocycles. The molecule has 0 unspecified atom stereocenters. The number of hydrogen-bond acceptors (Lipinski definition) is 2. The van der Waals surface area contributed by atoms with Crippen molar-refractivity contribution in [1.29, 1.82) is 0 Å². The van der Waals surface area contributed by atoms with E-state index in [4.69, 9.17) is 0 Å². The Balaban J connectivity index is 2.17. The van der Waals surface area contributed by atoms with Gasteiger partial charge in [0.05, 0.1) is 6.67 Å². The van der Waals surface area contributed by atoms with Crippen molar-refractivity contribution in [3.63, 3.8) is 0 Å². The zero-order chi connectivity index (χ0) is 15.2. The largest absolute Gasteiger partial charge is 0.354 e. The van der Waals surface area contributed by atoms with E-state index >= 15 is 0 Å². The molecule has 2 nitrogen and oxygen atoms in total. The summed E-state index contributed by atoms with van der Waals surface area (Å²) in [6.07, 6.45) is 0. The van der Waals surface area contributed by atoms with Crippen molar-refractivity contribution in [3.8, 4) is 0 Å². The summed E-state index contributed by atoms with van der Waals surface area (Å²) in [6.45, 7) is 7.22. The van der Waals surface area contributed by atoms with E-state index in [-0.39, 0.29) is 0 Å². The maximum atomic E-state index is 3.55. The van der Waals surface area contributed by atoms with Crippen molar-refractivity contribution in [1.82, 2.24) is 0 Å². The minimum Gasteiger partial charge on any atom is -0.354 e. The van der Waals surface area contributed by atoms with Gasteiger partial charge < -0.3 is 9.80 Å². The molecule has 0 aliphatic carbocycles. The predicted octanol–water partition coefficient (Wildman–Crippen LogP) is 5.52. The van der Waals surface area contributed by atoms with Gasteiger partial charge in [0, 0.05) is 33.4 Å². The molecule has 2 rings (SSSR count). The van der Waals surface area contributed by atoms with Crippen LogP contribution in [0.2, 0.25) is 0 Å². The molecule has 0 atom stereocenters. The van der Waals surface area contributed by atoms with E-state index in [9.17, 15) is 0 Å². The summed E-state index contributed by atoms with van der Waals surface area (Å²) in [4.78, 5) is 4.74. The fraction of sp³-hybridized carbons (Fsp3) is 0.294. The van der Waals surface area contributed by atoms with Gasteiger partial charge in [0.2, 0.25) is 0 Å². The third-order valence-electron chi connectivity index (χ3n) is 3.47. The Bertz CT molecular complexity index is 569. The van der Waals surface area contributed by atoms with Gasteiger partial charge in [-0.05, 0) is 56.3 Å². The summed E-state index contributed by atoms with van der Waals surface area (Å²) >= 11 is 7.04. The average Bonchev–Trinajstić information content (AvgIpc) is 2.50. The van der Waals surface area contributed by atoms with Crippen LogP contribution in [-0.2, 0) is 0 Å². The highest BCUT2D eigenvalue weighted by Crippen LogP contribution is 2.23. The molecule has 0 bridgehead atoms. The van der Waals surface area contributed by atoms with E-state index in [1.54, 1.807) is 0 Å². The first-order chi connectivity index (χ1) is 10.1. The summed E-state index contributed by atoms with van der Waals surface area (Å²) < 4.78 is 2.23. The van der Waals surface area contributed by atoms with Gasteiger partial charge in [-0.2, -0.15) is 0 Å². The smallest absolute Gasteiger partial charge is 0.0902 e. The highest BCUT2D eigenvalue weighted by Gasteiger charge is 2.10. The van der Waals surface area contributed by atoms with E-state index in [1.165, 1.54) is 11.4 Å². The highest BCUT2D eigenvalue weighted by atomic mass is 79.9. The van der Waals surface area contributed by atoms with E-state index in [0.29, 0.717) is 0 Å². The average molecular weight is 412 g/mol. The second kappa shape index (κ2) is 7.85. The summed E-state index contributed by atoms with van der Waals surface area (Å²) in [7, 11) is 0. The topological polar surface area (TPSA) is 6.48 Å². The van der Waals surface area contributed by atoms with Crippen LogP contribution in [0.5, 0.6) is 0 Å². The maximum Gasteiger partial charge on any atom is 0.0902 e. The Morgan fingerprint density at radius 1 is 0.762 bits per heavy atom. The van der Waals surface area contributed by atoms with Gasteiger partial charge in [-0.15, -0.1) is 0 Å². The third-order valence-corrected chi connectivity index (χ3v) is 4.49. The van der Waals surface area contributed by atoms with Crippen LogP contribution < -0.4 is 9.80 Å². The molecule has 0 aliphatic rings. The van der Waals surface area contributed by atoms with Crippen molar-refractivity contribution in [2.24, 2.45) is 0 Å². The molecule has 2 aromatic rings. The molecule has 112 valence electrons. The molecule has 21 heavy (non-hydrogen) atoms. The second-order valence-corrected chi connectivity index (χ2v) is 6.64. The number of halogens is 2.